The van der Waals surface area contributed by atoms with Crippen molar-refractivity contribution in [3.05, 3.63) is 29.8 Å². The monoisotopic (exact) mass is 316 g/mol. The molecule has 0 spiro atoms. The van der Waals surface area contributed by atoms with Crippen LogP contribution in [-0.2, 0) is 4.74 Å². The fourth-order valence-electron chi connectivity index (χ4n) is 5.25. The molecule has 4 heteroatoms. The molecule has 4 nitrogen and oxygen atoms in total. The molecule has 0 unspecified atom stereocenters. The van der Waals surface area contributed by atoms with Crippen molar-refractivity contribution in [3.8, 4) is 5.75 Å². The largest absolute Gasteiger partial charge is 0.496 e. The third-order valence-corrected chi connectivity index (χ3v) is 6.21. The van der Waals surface area contributed by atoms with E-state index in [0.717, 1.165) is 31.4 Å². The number of fused-ring (bicyclic) bond motifs is 2. The Morgan fingerprint density at radius 2 is 1.87 bits per heavy atom. The van der Waals surface area contributed by atoms with Gasteiger partial charge in [-0.15, -0.1) is 0 Å². The number of likely N-dealkylation sites (tertiary alicyclic amines) is 1. The summed E-state index contributed by atoms with van der Waals surface area (Å²) in [7, 11) is 3.60. The molecule has 126 valence electrons. The van der Waals surface area contributed by atoms with Gasteiger partial charge < -0.3 is 9.47 Å². The molecule has 4 aliphatic heterocycles. The highest BCUT2D eigenvalue weighted by Crippen LogP contribution is 2.47. The van der Waals surface area contributed by atoms with Crippen LogP contribution in [-0.4, -0.2) is 68.9 Å². The fraction of sp³-hybridized carbons (Fsp3) is 0.684. The van der Waals surface area contributed by atoms with Gasteiger partial charge in [-0.05, 0) is 37.9 Å². The summed E-state index contributed by atoms with van der Waals surface area (Å²) in [6, 6.07) is 9.95. The minimum atomic E-state index is 0.552. The average molecular weight is 316 g/mol. The summed E-state index contributed by atoms with van der Waals surface area (Å²) < 4.78 is 11.0. The van der Waals surface area contributed by atoms with Crippen LogP contribution in [0.15, 0.2) is 24.3 Å². The van der Waals surface area contributed by atoms with E-state index in [2.05, 4.69) is 34.1 Å². The van der Waals surface area contributed by atoms with E-state index in [0.29, 0.717) is 18.0 Å². The van der Waals surface area contributed by atoms with Gasteiger partial charge >= 0.3 is 0 Å². The van der Waals surface area contributed by atoms with E-state index < -0.39 is 0 Å². The molecule has 4 fully saturated rings. The number of para-hydroxylation sites is 1. The molecule has 0 aliphatic carbocycles. The first-order valence-corrected chi connectivity index (χ1v) is 8.93. The summed E-state index contributed by atoms with van der Waals surface area (Å²) in [6.07, 6.45) is 2.73. The molecule has 4 aliphatic rings. The second-order valence-corrected chi connectivity index (χ2v) is 7.19. The van der Waals surface area contributed by atoms with Crippen molar-refractivity contribution >= 4 is 0 Å². The molecule has 3 atom stereocenters. The number of ether oxygens (including phenoxy) is 2. The Balaban J connectivity index is 1.67. The van der Waals surface area contributed by atoms with E-state index in [1.54, 1.807) is 7.11 Å². The number of methoxy groups -OCH3 is 2. The molecule has 5 rings (SSSR count). The third kappa shape index (κ3) is 2.57. The van der Waals surface area contributed by atoms with Gasteiger partial charge in [-0.2, -0.15) is 0 Å². The Morgan fingerprint density at radius 1 is 1.09 bits per heavy atom. The van der Waals surface area contributed by atoms with E-state index >= 15 is 0 Å². The molecule has 4 saturated heterocycles. The van der Waals surface area contributed by atoms with Gasteiger partial charge in [0.05, 0.1) is 13.7 Å². The van der Waals surface area contributed by atoms with Crippen molar-refractivity contribution in [2.24, 2.45) is 5.92 Å². The minimum absolute atomic E-state index is 0.552. The molecule has 0 N–H and O–H groups in total. The van der Waals surface area contributed by atoms with Crippen LogP contribution >= 0.6 is 0 Å². The molecule has 1 aromatic carbocycles. The Bertz CT molecular complexity index is 542. The van der Waals surface area contributed by atoms with E-state index in [1.165, 1.54) is 31.5 Å². The van der Waals surface area contributed by atoms with Crippen molar-refractivity contribution in [1.82, 2.24) is 9.80 Å². The summed E-state index contributed by atoms with van der Waals surface area (Å²) in [5, 5.41) is 0. The SMILES string of the molecule is COCCN1C[C@@H](c2ccccc2OC)[C@@H]2[C@H]1C1CCN2CC1. The van der Waals surface area contributed by atoms with E-state index in [4.69, 9.17) is 9.47 Å². The second-order valence-electron chi connectivity index (χ2n) is 7.19. The van der Waals surface area contributed by atoms with Gasteiger partial charge in [-0.25, -0.2) is 0 Å². The van der Waals surface area contributed by atoms with Crippen LogP contribution in [0.3, 0.4) is 0 Å². The molecular weight excluding hydrogens is 288 g/mol. The van der Waals surface area contributed by atoms with Crippen LogP contribution in [0, 0.1) is 5.92 Å². The zero-order valence-corrected chi connectivity index (χ0v) is 14.3. The smallest absolute Gasteiger partial charge is 0.122 e. The molecule has 0 amide bonds. The molecule has 23 heavy (non-hydrogen) atoms. The van der Waals surface area contributed by atoms with Crippen LogP contribution in [0.2, 0.25) is 0 Å². The van der Waals surface area contributed by atoms with Crippen LogP contribution in [0.4, 0.5) is 0 Å². The third-order valence-electron chi connectivity index (χ3n) is 6.21. The van der Waals surface area contributed by atoms with Gasteiger partial charge in [0.2, 0.25) is 0 Å². The normalized spacial score (nSPS) is 36.2. The van der Waals surface area contributed by atoms with Crippen molar-refractivity contribution < 1.29 is 9.47 Å². The van der Waals surface area contributed by atoms with Gasteiger partial charge in [0.25, 0.3) is 0 Å². The highest BCUT2D eigenvalue weighted by atomic mass is 16.5. The predicted molar refractivity (Wildman–Crippen MR) is 91.1 cm³/mol. The first-order valence-electron chi connectivity index (χ1n) is 8.93. The number of hydrogen-bond donors (Lipinski definition) is 0. The summed E-state index contributed by atoms with van der Waals surface area (Å²) in [5.41, 5.74) is 1.39. The number of benzene rings is 1. The van der Waals surface area contributed by atoms with Crippen LogP contribution in [0.5, 0.6) is 5.75 Å². The standard InChI is InChI=1S/C19H28N2O2/c1-22-12-11-21-13-16(15-5-3-4-6-17(15)23-2)19-18(21)14-7-9-20(19)10-8-14/h3-6,14,16,18-19H,7-13H2,1-2H3/t16-,18+,19+/m0/s1. The van der Waals surface area contributed by atoms with Gasteiger partial charge in [0.15, 0.2) is 0 Å². The summed E-state index contributed by atoms with van der Waals surface area (Å²) in [6.45, 7) is 5.56. The Labute approximate surface area is 139 Å². The summed E-state index contributed by atoms with van der Waals surface area (Å²) in [5.74, 6) is 2.46. The van der Waals surface area contributed by atoms with Crippen molar-refractivity contribution in [2.75, 3.05) is 47.0 Å². The molecule has 4 heterocycles. The highest BCUT2D eigenvalue weighted by molar-refractivity contribution is 5.39. The van der Waals surface area contributed by atoms with E-state index in [9.17, 15) is 0 Å². The van der Waals surface area contributed by atoms with Crippen LogP contribution in [0.1, 0.15) is 24.3 Å². The zero-order chi connectivity index (χ0) is 15.8. The first kappa shape index (κ1) is 15.4. The lowest BCUT2D eigenvalue weighted by Gasteiger charge is -2.51. The number of nitrogens with zero attached hydrogens (tertiary/aromatic N) is 2. The highest BCUT2D eigenvalue weighted by Gasteiger charge is 2.53. The van der Waals surface area contributed by atoms with E-state index in [1.807, 2.05) is 7.11 Å². The van der Waals surface area contributed by atoms with Crippen LogP contribution in [0.25, 0.3) is 0 Å². The molecule has 2 bridgehead atoms. The van der Waals surface area contributed by atoms with Gasteiger partial charge in [-0.1, -0.05) is 18.2 Å². The lowest BCUT2D eigenvalue weighted by molar-refractivity contribution is -0.0117. The topological polar surface area (TPSA) is 24.9 Å². The maximum Gasteiger partial charge on any atom is 0.122 e. The van der Waals surface area contributed by atoms with E-state index in [-0.39, 0.29) is 0 Å². The number of rotatable bonds is 5. The Kier molecular flexibility index (Phi) is 4.31. The van der Waals surface area contributed by atoms with Crippen LogP contribution < -0.4 is 4.74 Å². The molecule has 0 aromatic heterocycles. The van der Waals surface area contributed by atoms with Gasteiger partial charge in [-0.3, -0.25) is 9.80 Å². The number of piperidine rings is 3. The minimum Gasteiger partial charge on any atom is -0.496 e. The maximum atomic E-state index is 5.67. The quantitative estimate of drug-likeness (QED) is 0.831. The van der Waals surface area contributed by atoms with Gasteiger partial charge in [0, 0.05) is 43.8 Å². The molecule has 0 saturated carbocycles. The molecule has 0 radical (unpaired) electrons. The van der Waals surface area contributed by atoms with Crippen molar-refractivity contribution in [2.45, 2.75) is 30.8 Å². The lowest BCUT2D eigenvalue weighted by Crippen LogP contribution is -2.60. The Morgan fingerprint density at radius 3 is 2.61 bits per heavy atom. The van der Waals surface area contributed by atoms with Gasteiger partial charge in [0.1, 0.15) is 5.75 Å². The Hall–Kier alpha value is -1.10. The average Bonchev–Trinajstić information content (AvgIpc) is 3.02. The van der Waals surface area contributed by atoms with Crippen molar-refractivity contribution in [3.63, 3.8) is 0 Å². The lowest BCUT2D eigenvalue weighted by atomic mass is 9.75. The molecule has 1 aromatic rings. The summed E-state index contributed by atoms with van der Waals surface area (Å²) >= 11 is 0. The fourth-order valence-corrected chi connectivity index (χ4v) is 5.25. The summed E-state index contributed by atoms with van der Waals surface area (Å²) in [4.78, 5) is 5.44. The number of hydrogen-bond acceptors (Lipinski definition) is 4. The first-order chi connectivity index (χ1) is 11.3. The molecular formula is C19H28N2O2. The van der Waals surface area contributed by atoms with Crippen molar-refractivity contribution in [1.29, 1.82) is 0 Å². The maximum absolute atomic E-state index is 5.67. The second kappa shape index (κ2) is 6.42. The predicted octanol–water partition coefficient (Wildman–Crippen LogP) is 2.20. The zero-order valence-electron chi connectivity index (χ0n) is 14.3.